The normalized spacial score (nSPS) is 11.1. The summed E-state index contributed by atoms with van der Waals surface area (Å²) in [5.74, 6) is -1.16. The van der Waals surface area contributed by atoms with Gasteiger partial charge >= 0.3 is 12.3 Å². The van der Waals surface area contributed by atoms with Gasteiger partial charge < -0.3 is 14.2 Å². The highest BCUT2D eigenvalue weighted by atomic mass is 127. The molecule has 0 aliphatic rings. The molecule has 106 valence electrons. The number of esters is 1. The molecule has 0 bridgehead atoms. The number of carbonyl (C=O) groups excluding carboxylic acids is 1. The number of hydrogen-bond acceptors (Lipinski definition) is 5. The van der Waals surface area contributed by atoms with E-state index in [1.54, 1.807) is 22.6 Å². The van der Waals surface area contributed by atoms with Crippen molar-refractivity contribution in [1.82, 2.24) is 4.98 Å². The van der Waals surface area contributed by atoms with Crippen molar-refractivity contribution in [2.24, 2.45) is 0 Å². The highest BCUT2D eigenvalue weighted by Gasteiger charge is 2.33. The lowest BCUT2D eigenvalue weighted by Crippen LogP contribution is -2.19. The molecule has 0 saturated carbocycles. The fourth-order valence-corrected chi connectivity index (χ4v) is 1.77. The van der Waals surface area contributed by atoms with Crippen molar-refractivity contribution < 1.29 is 32.2 Å². The minimum absolute atomic E-state index is 0.0587. The van der Waals surface area contributed by atoms with Crippen LogP contribution in [-0.4, -0.2) is 31.5 Å². The zero-order valence-corrected chi connectivity index (χ0v) is 12.0. The van der Waals surface area contributed by atoms with E-state index in [9.17, 15) is 18.0 Å². The first-order valence-corrected chi connectivity index (χ1v) is 5.90. The summed E-state index contributed by atoms with van der Waals surface area (Å²) in [7, 11) is 2.45. The maximum atomic E-state index is 12.2. The maximum Gasteiger partial charge on any atom is 0.574 e. The predicted octanol–water partition coefficient (Wildman–Crippen LogP) is 2.31. The predicted molar refractivity (Wildman–Crippen MR) is 65.9 cm³/mol. The van der Waals surface area contributed by atoms with E-state index in [4.69, 9.17) is 4.74 Å². The van der Waals surface area contributed by atoms with E-state index in [1.165, 1.54) is 20.3 Å². The van der Waals surface area contributed by atoms with Crippen molar-refractivity contribution in [2.45, 2.75) is 12.8 Å². The van der Waals surface area contributed by atoms with E-state index in [-0.39, 0.29) is 21.4 Å². The summed E-state index contributed by atoms with van der Waals surface area (Å²) in [6.45, 7) is 0. The zero-order chi connectivity index (χ0) is 14.6. The zero-order valence-electron chi connectivity index (χ0n) is 9.88. The van der Waals surface area contributed by atoms with E-state index in [0.717, 1.165) is 0 Å². The van der Waals surface area contributed by atoms with Crippen molar-refractivity contribution in [3.8, 4) is 11.6 Å². The van der Waals surface area contributed by atoms with Gasteiger partial charge in [-0.15, -0.1) is 13.2 Å². The summed E-state index contributed by atoms with van der Waals surface area (Å²) < 4.78 is 49.8. The number of ether oxygens (including phenoxy) is 3. The first kappa shape index (κ1) is 15.8. The third-order valence-corrected chi connectivity index (χ3v) is 2.93. The summed E-state index contributed by atoms with van der Waals surface area (Å²) in [5.41, 5.74) is 0.0587. The number of methoxy groups -OCH3 is 2. The highest BCUT2D eigenvalue weighted by Crippen LogP contribution is 2.32. The van der Waals surface area contributed by atoms with Crippen molar-refractivity contribution in [1.29, 1.82) is 0 Å². The first-order valence-electron chi connectivity index (χ1n) is 4.82. The third-order valence-electron chi connectivity index (χ3n) is 1.93. The van der Waals surface area contributed by atoms with Crippen LogP contribution >= 0.6 is 22.6 Å². The van der Waals surface area contributed by atoms with Gasteiger partial charge in [0.25, 0.3) is 0 Å². The van der Waals surface area contributed by atoms with Gasteiger partial charge in [-0.1, -0.05) is 0 Å². The van der Waals surface area contributed by atoms with Gasteiger partial charge in [-0.25, -0.2) is 4.98 Å². The number of carbonyl (C=O) groups is 1. The van der Waals surface area contributed by atoms with Gasteiger partial charge in [-0.2, -0.15) is 0 Å². The van der Waals surface area contributed by atoms with Gasteiger partial charge in [0, 0.05) is 6.07 Å². The smallest absolute Gasteiger partial charge is 0.495 e. The van der Waals surface area contributed by atoms with Crippen LogP contribution in [0, 0.1) is 3.57 Å². The number of alkyl halides is 3. The first-order chi connectivity index (χ1) is 8.76. The molecule has 0 fully saturated rings. The number of aromatic nitrogens is 1. The number of nitrogens with zero attached hydrogens (tertiary/aromatic N) is 1. The van der Waals surface area contributed by atoms with Crippen LogP contribution in [0.3, 0.4) is 0 Å². The Bertz CT molecular complexity index is 479. The Labute approximate surface area is 120 Å². The molecule has 1 heterocycles. The second kappa shape index (κ2) is 6.26. The second-order valence-electron chi connectivity index (χ2n) is 3.24. The molecule has 0 N–H and O–H groups in total. The minimum atomic E-state index is -4.87. The van der Waals surface area contributed by atoms with E-state index < -0.39 is 18.2 Å². The molecule has 0 amide bonds. The van der Waals surface area contributed by atoms with Crippen LogP contribution in [0.5, 0.6) is 11.6 Å². The van der Waals surface area contributed by atoms with Gasteiger partial charge in [-0.3, -0.25) is 4.79 Å². The standard InChI is InChI=1S/C10H9F3INO4/c1-17-6-3-5(4-7(16)18-2)15-9(8(6)14)19-10(11,12)13/h3H,4H2,1-2H3. The molecule has 0 aromatic carbocycles. The van der Waals surface area contributed by atoms with E-state index in [0.29, 0.717) is 0 Å². The molecule has 0 atom stereocenters. The molecule has 0 radical (unpaired) electrons. The van der Waals surface area contributed by atoms with Crippen LogP contribution in [0.4, 0.5) is 13.2 Å². The Hall–Kier alpha value is -1.26. The van der Waals surface area contributed by atoms with E-state index in [2.05, 4.69) is 14.5 Å². The molecule has 0 unspecified atom stereocenters. The van der Waals surface area contributed by atoms with Gasteiger partial charge in [0.05, 0.1) is 26.3 Å². The topological polar surface area (TPSA) is 57.7 Å². The average molecular weight is 391 g/mol. The molecular formula is C10H9F3INO4. The largest absolute Gasteiger partial charge is 0.574 e. The van der Waals surface area contributed by atoms with Gasteiger partial charge in [0.15, 0.2) is 0 Å². The quantitative estimate of drug-likeness (QED) is 0.583. The minimum Gasteiger partial charge on any atom is -0.495 e. The Balaban J connectivity index is 3.14. The lowest BCUT2D eigenvalue weighted by atomic mass is 10.2. The molecule has 9 heteroatoms. The van der Waals surface area contributed by atoms with Crippen molar-refractivity contribution in [3.05, 3.63) is 15.3 Å². The number of pyridine rings is 1. The van der Waals surface area contributed by atoms with E-state index in [1.807, 2.05) is 0 Å². The Morgan fingerprint density at radius 2 is 2.05 bits per heavy atom. The summed E-state index contributed by atoms with van der Waals surface area (Å²) in [6, 6.07) is 1.35. The molecule has 0 spiro atoms. The number of rotatable bonds is 4. The maximum absolute atomic E-state index is 12.2. The molecule has 0 aliphatic carbocycles. The molecule has 5 nitrogen and oxygen atoms in total. The molecule has 1 rings (SSSR count). The van der Waals surface area contributed by atoms with Crippen molar-refractivity contribution >= 4 is 28.6 Å². The molecular weight excluding hydrogens is 382 g/mol. The molecule has 1 aromatic rings. The van der Waals surface area contributed by atoms with Gasteiger partial charge in [0.2, 0.25) is 5.88 Å². The highest BCUT2D eigenvalue weighted by molar-refractivity contribution is 14.1. The number of halogens is 4. The summed E-state index contributed by atoms with van der Waals surface area (Å²) in [4.78, 5) is 14.7. The molecule has 1 aromatic heterocycles. The fourth-order valence-electron chi connectivity index (χ4n) is 1.17. The van der Waals surface area contributed by atoms with Crippen molar-refractivity contribution in [2.75, 3.05) is 14.2 Å². The van der Waals surface area contributed by atoms with Gasteiger partial charge in [-0.05, 0) is 22.6 Å². The Morgan fingerprint density at radius 3 is 2.53 bits per heavy atom. The molecule has 0 aliphatic heterocycles. The van der Waals surface area contributed by atoms with Gasteiger partial charge in [0.1, 0.15) is 9.32 Å². The Kier molecular flexibility index (Phi) is 5.20. The summed E-state index contributed by atoms with van der Waals surface area (Å²) in [5, 5.41) is 0. The average Bonchev–Trinajstić information content (AvgIpc) is 2.31. The second-order valence-corrected chi connectivity index (χ2v) is 4.31. The molecule has 0 saturated heterocycles. The van der Waals surface area contributed by atoms with Crippen molar-refractivity contribution in [3.63, 3.8) is 0 Å². The third kappa shape index (κ3) is 4.73. The van der Waals surface area contributed by atoms with Crippen LogP contribution in [0.2, 0.25) is 0 Å². The SMILES string of the molecule is COC(=O)Cc1cc(OC)c(I)c(OC(F)(F)F)n1. The fraction of sp³-hybridized carbons (Fsp3) is 0.400. The lowest BCUT2D eigenvalue weighted by Gasteiger charge is -2.13. The van der Waals surface area contributed by atoms with Crippen LogP contribution in [-0.2, 0) is 16.0 Å². The van der Waals surface area contributed by atoms with Crippen LogP contribution < -0.4 is 9.47 Å². The lowest BCUT2D eigenvalue weighted by molar-refractivity contribution is -0.276. The van der Waals surface area contributed by atoms with Crippen LogP contribution in [0.25, 0.3) is 0 Å². The number of hydrogen-bond donors (Lipinski definition) is 0. The Morgan fingerprint density at radius 1 is 1.42 bits per heavy atom. The summed E-state index contributed by atoms with van der Waals surface area (Å²) in [6.07, 6.45) is -5.15. The van der Waals surface area contributed by atoms with Crippen LogP contribution in [0.1, 0.15) is 5.69 Å². The summed E-state index contributed by atoms with van der Waals surface area (Å²) >= 11 is 1.61. The van der Waals surface area contributed by atoms with E-state index >= 15 is 0 Å². The monoisotopic (exact) mass is 391 g/mol. The van der Waals surface area contributed by atoms with Crippen LogP contribution in [0.15, 0.2) is 6.07 Å². The molecule has 19 heavy (non-hydrogen) atoms.